The number of methoxy groups -OCH3 is 1. The van der Waals surface area contributed by atoms with Gasteiger partial charge in [0, 0.05) is 22.9 Å². The number of benzene rings is 1. The summed E-state index contributed by atoms with van der Waals surface area (Å²) in [4.78, 5) is 36.9. The Bertz CT molecular complexity index is 1380. The average Bonchev–Trinajstić information content (AvgIpc) is 3.50. The Labute approximate surface area is 192 Å². The van der Waals surface area contributed by atoms with E-state index in [0.29, 0.717) is 23.6 Å². The molecule has 0 aliphatic carbocycles. The molecule has 4 aromatic rings. The van der Waals surface area contributed by atoms with Gasteiger partial charge in [0.1, 0.15) is 10.6 Å². The Morgan fingerprint density at radius 2 is 2.00 bits per heavy atom. The number of amides is 2. The lowest BCUT2D eigenvalue weighted by molar-refractivity contribution is -0.135. The van der Waals surface area contributed by atoms with Gasteiger partial charge in [0.05, 0.1) is 17.4 Å². The third kappa shape index (κ3) is 3.76. The summed E-state index contributed by atoms with van der Waals surface area (Å²) in [5.74, 6) is 0.986. The predicted molar refractivity (Wildman–Crippen MR) is 126 cm³/mol. The topological polar surface area (TPSA) is 84.4 Å². The van der Waals surface area contributed by atoms with Gasteiger partial charge in [-0.2, -0.15) is 5.01 Å². The van der Waals surface area contributed by atoms with E-state index in [9.17, 15) is 9.59 Å². The van der Waals surface area contributed by atoms with E-state index < -0.39 is 5.91 Å². The van der Waals surface area contributed by atoms with Gasteiger partial charge in [-0.15, -0.1) is 22.7 Å². The van der Waals surface area contributed by atoms with Gasteiger partial charge in [-0.25, -0.2) is 9.97 Å². The monoisotopic (exact) mass is 462 g/mol. The molecular weight excluding hydrogens is 444 g/mol. The van der Waals surface area contributed by atoms with Gasteiger partial charge in [0.15, 0.2) is 11.6 Å². The average molecular weight is 463 g/mol. The van der Waals surface area contributed by atoms with Gasteiger partial charge < -0.3 is 4.74 Å². The standard InChI is InChI=1S/C23H18N4O3S2/c1-13-9-19(28)27(23(13)29)26-20-17-12-16(11-14-5-3-6-15(10-14)30-2)32-22(17)25-21(24-20)18-7-4-8-31-18/h3-10,12H,11H2,1-2H3,(H,24,25,26). The molecule has 0 radical (unpaired) electrons. The summed E-state index contributed by atoms with van der Waals surface area (Å²) < 4.78 is 5.33. The van der Waals surface area contributed by atoms with Gasteiger partial charge >= 0.3 is 0 Å². The smallest absolute Gasteiger partial charge is 0.275 e. The van der Waals surface area contributed by atoms with Crippen molar-refractivity contribution in [2.75, 3.05) is 12.5 Å². The minimum Gasteiger partial charge on any atom is -0.497 e. The molecule has 1 aliphatic rings. The molecule has 1 aromatic carbocycles. The zero-order valence-corrected chi connectivity index (χ0v) is 18.9. The van der Waals surface area contributed by atoms with E-state index in [-0.39, 0.29) is 5.91 Å². The number of carbonyl (C=O) groups is 2. The Morgan fingerprint density at radius 1 is 1.12 bits per heavy atom. The molecule has 0 atom stereocenters. The molecule has 0 spiro atoms. The van der Waals surface area contributed by atoms with Crippen molar-refractivity contribution in [2.24, 2.45) is 0 Å². The number of rotatable bonds is 6. The summed E-state index contributed by atoms with van der Waals surface area (Å²) in [6, 6.07) is 13.8. The number of hydrogen-bond acceptors (Lipinski definition) is 8. The molecule has 5 rings (SSSR count). The SMILES string of the molecule is COc1cccc(Cc2cc3c(NN4C(=O)C=C(C)C4=O)nc(-c4cccs4)nc3s2)c1. The van der Waals surface area contributed by atoms with Crippen molar-refractivity contribution < 1.29 is 14.3 Å². The van der Waals surface area contributed by atoms with Crippen molar-refractivity contribution in [3.8, 4) is 16.5 Å². The van der Waals surface area contributed by atoms with Crippen LogP contribution in [0.25, 0.3) is 20.9 Å². The summed E-state index contributed by atoms with van der Waals surface area (Å²) in [6.07, 6.45) is 2.02. The van der Waals surface area contributed by atoms with Crippen molar-refractivity contribution in [3.05, 3.63) is 69.9 Å². The molecule has 1 aliphatic heterocycles. The highest BCUT2D eigenvalue weighted by Crippen LogP contribution is 2.34. The number of carbonyl (C=O) groups excluding carboxylic acids is 2. The van der Waals surface area contributed by atoms with E-state index in [4.69, 9.17) is 9.72 Å². The largest absolute Gasteiger partial charge is 0.497 e. The summed E-state index contributed by atoms with van der Waals surface area (Å²) in [5, 5.41) is 3.71. The zero-order chi connectivity index (χ0) is 22.2. The number of nitrogens with zero attached hydrogens (tertiary/aromatic N) is 3. The zero-order valence-electron chi connectivity index (χ0n) is 17.3. The van der Waals surface area contributed by atoms with E-state index in [1.54, 1.807) is 25.4 Å². The van der Waals surface area contributed by atoms with Crippen LogP contribution in [0.5, 0.6) is 5.75 Å². The molecule has 9 heteroatoms. The van der Waals surface area contributed by atoms with Gasteiger partial charge in [-0.1, -0.05) is 18.2 Å². The Morgan fingerprint density at radius 3 is 2.72 bits per heavy atom. The lowest BCUT2D eigenvalue weighted by atomic mass is 10.1. The van der Waals surface area contributed by atoms with Crippen molar-refractivity contribution >= 4 is 50.5 Å². The molecular formula is C23H18N4O3S2. The molecule has 32 heavy (non-hydrogen) atoms. The quantitative estimate of drug-likeness (QED) is 0.420. The number of imide groups is 1. The first-order valence-electron chi connectivity index (χ1n) is 9.82. The summed E-state index contributed by atoms with van der Waals surface area (Å²) in [6.45, 7) is 1.62. The normalized spacial score (nSPS) is 13.7. The predicted octanol–water partition coefficient (Wildman–Crippen LogP) is 4.66. The molecule has 0 fully saturated rings. The van der Waals surface area contributed by atoms with Crippen LogP contribution in [0.3, 0.4) is 0 Å². The number of hydrazine groups is 1. The molecule has 0 bridgehead atoms. The number of fused-ring (bicyclic) bond motifs is 1. The van der Waals surface area contributed by atoms with Crippen LogP contribution in [0.15, 0.2) is 59.5 Å². The van der Waals surface area contributed by atoms with Gasteiger partial charge in [0.25, 0.3) is 11.8 Å². The number of nitrogens with one attached hydrogen (secondary N) is 1. The highest BCUT2D eigenvalue weighted by Gasteiger charge is 2.30. The maximum atomic E-state index is 12.4. The summed E-state index contributed by atoms with van der Waals surface area (Å²) >= 11 is 3.09. The molecule has 160 valence electrons. The highest BCUT2D eigenvalue weighted by atomic mass is 32.1. The lowest BCUT2D eigenvalue weighted by Crippen LogP contribution is -2.36. The van der Waals surface area contributed by atoms with E-state index in [2.05, 4.69) is 10.4 Å². The highest BCUT2D eigenvalue weighted by molar-refractivity contribution is 7.18. The van der Waals surface area contributed by atoms with E-state index >= 15 is 0 Å². The molecule has 3 aromatic heterocycles. The number of hydrogen-bond donors (Lipinski definition) is 1. The van der Waals surface area contributed by atoms with Crippen LogP contribution in [0.1, 0.15) is 17.4 Å². The van der Waals surface area contributed by atoms with Gasteiger partial charge in [0.2, 0.25) is 0 Å². The van der Waals surface area contributed by atoms with Crippen LogP contribution >= 0.6 is 22.7 Å². The molecule has 4 heterocycles. The first-order chi connectivity index (χ1) is 15.5. The Hall–Kier alpha value is -3.56. The molecule has 2 amide bonds. The van der Waals surface area contributed by atoms with E-state index in [0.717, 1.165) is 36.3 Å². The van der Waals surface area contributed by atoms with Crippen molar-refractivity contribution in [1.82, 2.24) is 15.0 Å². The van der Waals surface area contributed by atoms with Crippen LogP contribution in [0.2, 0.25) is 0 Å². The molecule has 0 unspecified atom stereocenters. The van der Waals surface area contributed by atoms with E-state index in [1.807, 2.05) is 47.8 Å². The fraction of sp³-hybridized carbons (Fsp3) is 0.130. The number of aromatic nitrogens is 2. The molecule has 0 saturated carbocycles. The summed E-state index contributed by atoms with van der Waals surface area (Å²) in [7, 11) is 1.65. The lowest BCUT2D eigenvalue weighted by Gasteiger charge is -2.17. The molecule has 7 nitrogen and oxygen atoms in total. The fourth-order valence-electron chi connectivity index (χ4n) is 3.44. The summed E-state index contributed by atoms with van der Waals surface area (Å²) in [5.41, 5.74) is 4.43. The van der Waals surface area contributed by atoms with Crippen LogP contribution in [0, 0.1) is 0 Å². The van der Waals surface area contributed by atoms with Crippen LogP contribution in [-0.2, 0) is 16.0 Å². The second kappa shape index (κ2) is 8.18. The second-order valence-electron chi connectivity index (χ2n) is 7.25. The van der Waals surface area contributed by atoms with Crippen molar-refractivity contribution in [3.63, 3.8) is 0 Å². The van der Waals surface area contributed by atoms with Crippen LogP contribution in [0.4, 0.5) is 5.82 Å². The minimum absolute atomic E-state index is 0.383. The number of ether oxygens (including phenoxy) is 1. The van der Waals surface area contributed by atoms with Crippen molar-refractivity contribution in [2.45, 2.75) is 13.3 Å². The third-order valence-electron chi connectivity index (χ3n) is 5.02. The maximum absolute atomic E-state index is 12.4. The third-order valence-corrected chi connectivity index (χ3v) is 6.91. The first kappa shape index (κ1) is 20.3. The molecule has 1 N–H and O–H groups in total. The van der Waals surface area contributed by atoms with Crippen LogP contribution in [-0.4, -0.2) is 33.9 Å². The van der Waals surface area contributed by atoms with E-state index in [1.165, 1.54) is 17.4 Å². The van der Waals surface area contributed by atoms with Gasteiger partial charge in [-0.05, 0) is 42.1 Å². The minimum atomic E-state index is -0.413. The number of thiophene rings is 2. The van der Waals surface area contributed by atoms with Crippen molar-refractivity contribution in [1.29, 1.82) is 0 Å². The number of anilines is 1. The van der Waals surface area contributed by atoms with Gasteiger partial charge in [-0.3, -0.25) is 15.0 Å². The molecule has 0 saturated heterocycles. The first-order valence-corrected chi connectivity index (χ1v) is 11.5. The Kier molecular flexibility index (Phi) is 5.20. The second-order valence-corrected chi connectivity index (χ2v) is 9.31. The maximum Gasteiger partial charge on any atom is 0.275 e. The van der Waals surface area contributed by atoms with Crippen LogP contribution < -0.4 is 10.2 Å². The fourth-order valence-corrected chi connectivity index (χ4v) is 5.16. The Balaban J connectivity index is 1.56.